The number of likely N-dealkylation sites (tertiary alicyclic amines) is 2. The largest absolute Gasteiger partial charge is 0.480 e. The molecule has 2 fully saturated rings. The van der Waals surface area contributed by atoms with Crippen molar-refractivity contribution in [2.24, 2.45) is 40.9 Å². The summed E-state index contributed by atoms with van der Waals surface area (Å²) in [5.41, 5.74) is 21.2. The lowest BCUT2D eigenvalue weighted by molar-refractivity contribution is -0.143. The lowest BCUT2D eigenvalue weighted by Gasteiger charge is -2.39. The molecular weight excluding hydrogens is 1130 g/mol. The number of carbonyl (C=O) groups excluding carboxylic acids is 7. The van der Waals surface area contributed by atoms with E-state index in [1.165, 1.54) is 35.5 Å². The van der Waals surface area contributed by atoms with Gasteiger partial charge in [0.15, 0.2) is 0 Å². The van der Waals surface area contributed by atoms with Crippen LogP contribution in [-0.2, 0) is 62.8 Å². The van der Waals surface area contributed by atoms with E-state index in [0.717, 1.165) is 78.9 Å². The van der Waals surface area contributed by atoms with Crippen molar-refractivity contribution in [2.75, 3.05) is 39.3 Å². The highest BCUT2D eigenvalue weighted by Crippen LogP contribution is 2.30. The molecule has 89 heavy (non-hydrogen) atoms. The van der Waals surface area contributed by atoms with Crippen LogP contribution < -0.4 is 33.2 Å². The Morgan fingerprint density at radius 2 is 0.888 bits per heavy atom. The molecule has 2 saturated heterocycles. The number of fused-ring (bicyclic) bond motifs is 3. The number of carboxylic acid groups (broad SMARTS) is 1. The lowest BCUT2D eigenvalue weighted by atomic mass is 9.91. The van der Waals surface area contributed by atoms with Gasteiger partial charge in [0.25, 0.3) is 0 Å². The molecule has 0 aromatic heterocycles. The van der Waals surface area contributed by atoms with Crippen molar-refractivity contribution in [2.45, 2.75) is 211 Å². The highest BCUT2D eigenvalue weighted by Gasteiger charge is 2.40. The quantitative estimate of drug-likeness (QED) is 0.0797. The smallest absolute Gasteiger partial charge is 0.411 e. The summed E-state index contributed by atoms with van der Waals surface area (Å²) >= 11 is 0. The third-order valence-corrected chi connectivity index (χ3v) is 16.8. The number of benzene rings is 3. The summed E-state index contributed by atoms with van der Waals surface area (Å²) in [5.74, 6) is -0.531. The average molecular weight is 1240 g/mol. The van der Waals surface area contributed by atoms with Crippen LogP contribution in [0.25, 0.3) is 0 Å². The minimum absolute atomic E-state index is 0. The van der Waals surface area contributed by atoms with Gasteiger partial charge in [0, 0.05) is 61.2 Å². The second kappa shape index (κ2) is 33.1. The summed E-state index contributed by atoms with van der Waals surface area (Å²) in [5, 5.41) is 19.3. The summed E-state index contributed by atoms with van der Waals surface area (Å²) in [4.78, 5) is 105. The van der Waals surface area contributed by atoms with Crippen LogP contribution in [0, 0.1) is 23.7 Å². The summed E-state index contributed by atoms with van der Waals surface area (Å²) in [6.07, 6.45) is 4.75. The number of nitrogens with two attached hydrogens (primary N) is 3. The number of nitrogens with one attached hydrogen (secondary N) is 3. The first-order valence-corrected chi connectivity index (χ1v) is 30.5. The van der Waals surface area contributed by atoms with Gasteiger partial charge in [0.1, 0.15) is 23.3 Å². The third kappa shape index (κ3) is 22.1. The molecule has 0 saturated carbocycles. The lowest BCUT2D eigenvalue weighted by Crippen LogP contribution is -2.57. The predicted octanol–water partition coefficient (Wildman–Crippen LogP) is 8.43. The topological polar surface area (TPSA) is 302 Å². The molecule has 0 radical (unpaired) electrons. The Kier molecular flexibility index (Phi) is 28.3. The van der Waals surface area contributed by atoms with E-state index >= 15 is 0 Å². The van der Waals surface area contributed by atoms with Gasteiger partial charge in [-0.3, -0.25) is 33.8 Å². The number of rotatable bonds is 14. The van der Waals surface area contributed by atoms with Gasteiger partial charge in [-0.2, -0.15) is 0 Å². The van der Waals surface area contributed by atoms with E-state index in [2.05, 4.69) is 67.3 Å². The van der Waals surface area contributed by atoms with E-state index in [9.17, 15) is 43.5 Å². The van der Waals surface area contributed by atoms with Crippen molar-refractivity contribution in [1.82, 2.24) is 35.6 Å². The zero-order chi connectivity index (χ0) is 63.5. The van der Waals surface area contributed by atoms with E-state index in [1.807, 2.05) is 18.2 Å². The van der Waals surface area contributed by atoms with E-state index in [0.29, 0.717) is 47.6 Å². The minimum atomic E-state index is -1.10. The Morgan fingerprint density at radius 1 is 0.539 bits per heavy atom. The molecule has 7 amide bonds. The van der Waals surface area contributed by atoms with Gasteiger partial charge in [-0.05, 0) is 193 Å². The van der Waals surface area contributed by atoms with E-state index in [4.69, 9.17) is 26.7 Å². The van der Waals surface area contributed by atoms with Crippen LogP contribution in [0.3, 0.4) is 0 Å². The fourth-order valence-corrected chi connectivity index (χ4v) is 11.3. The Balaban J connectivity index is 0.000000350. The number of hydrogen-bond donors (Lipinski definition) is 7. The normalized spacial score (nSPS) is 19.4. The number of nitrogens with zero attached hydrogens (tertiary/aromatic N) is 4. The fraction of sp³-hybridized carbons (Fsp3) is 0.618. The molecule has 496 valence electrons. The van der Waals surface area contributed by atoms with Crippen LogP contribution >= 0.6 is 0 Å². The van der Waals surface area contributed by atoms with Gasteiger partial charge in [-0.1, -0.05) is 82.0 Å². The van der Waals surface area contributed by atoms with Gasteiger partial charge < -0.3 is 57.5 Å². The standard InChI is InChI=1S/C27H42N4O4.C22H34N4O2.C16H20N2O5.3CH4/c1-17(2)22(16-30-11-9-18(3)10-12-30)29-25(33)23-14-19-7-8-20(24(28)32)13-21(19)15-31(23)26(34)35-27(4,5)6;1-14(2)20(13-26-8-6-15(3)7-9-26)25-22(28)19-11-16-4-5-17(21(23)27)10-18(16)12-24-19;1-16(2,3)23-15(22)18-8-11-6-10(13(17)19)5-4-9(11)7-12(18)14(20)21;;;/h7-8,13,17-18,22-23H,9-12,14-16H2,1-6H3,(H2,28,32)(H,29,33);4-5,10,14-15,19-20,24H,6-9,11-13H2,1-3H3,(H2,23,27)(H,25,28);4-6,12H,7-8H2,1-3H3,(H2,17,19)(H,20,21);3*1H4/t22-,23-;19-,20-;12-;;;/m111.../s1. The molecule has 3 aromatic carbocycles. The Hall–Kier alpha value is -7.10. The number of amides is 7. The van der Waals surface area contributed by atoms with E-state index in [-0.39, 0.29) is 77.6 Å². The van der Waals surface area contributed by atoms with E-state index in [1.54, 1.807) is 77.9 Å². The molecule has 0 aliphatic carbocycles. The first kappa shape index (κ1) is 76.1. The van der Waals surface area contributed by atoms with Crippen LogP contribution in [0.5, 0.6) is 0 Å². The average Bonchev–Trinajstić information content (AvgIpc) is 0.881. The van der Waals surface area contributed by atoms with Gasteiger partial charge in [0.05, 0.1) is 19.1 Å². The number of ether oxygens (including phenoxy) is 2. The number of carboxylic acids is 1. The molecule has 5 aliphatic heterocycles. The molecule has 10 N–H and O–H groups in total. The van der Waals surface area contributed by atoms with Crippen LogP contribution in [0.1, 0.15) is 196 Å². The fourth-order valence-electron chi connectivity index (χ4n) is 11.3. The summed E-state index contributed by atoms with van der Waals surface area (Å²) in [7, 11) is 0. The second-order valence-corrected chi connectivity index (χ2v) is 26.9. The maximum atomic E-state index is 13.6. The van der Waals surface area contributed by atoms with Crippen molar-refractivity contribution in [1.29, 1.82) is 0 Å². The van der Waals surface area contributed by atoms with Crippen LogP contribution in [0.4, 0.5) is 9.59 Å². The molecule has 5 aliphatic rings. The minimum Gasteiger partial charge on any atom is -0.480 e. The SMILES string of the molecule is C.C.C.CC(C)(C)OC(=O)N1Cc2cc(C(N)=O)ccc2C[C@@H]1C(=O)O.CC1CCN(C[C@@H](NC(=O)[C@H]2Cc3ccc(C(N)=O)cc3CN2)C(C)C)CC1.CC1CCN(C[C@@H](NC(=O)[C@H]2Cc3ccc(C(N)=O)cc3CN2C(=O)OC(C)(C)C)C(C)C)CC1. The second-order valence-electron chi connectivity index (χ2n) is 26.9. The Labute approximate surface area is 530 Å². The molecule has 8 rings (SSSR count). The van der Waals surface area contributed by atoms with Crippen molar-refractivity contribution >= 4 is 47.7 Å². The highest BCUT2D eigenvalue weighted by molar-refractivity contribution is 5.94. The first-order valence-electron chi connectivity index (χ1n) is 30.5. The highest BCUT2D eigenvalue weighted by atomic mass is 16.6. The maximum Gasteiger partial charge on any atom is 0.411 e. The monoisotopic (exact) mass is 1240 g/mol. The van der Waals surface area contributed by atoms with Gasteiger partial charge in [-0.25, -0.2) is 14.4 Å². The Morgan fingerprint density at radius 3 is 1.25 bits per heavy atom. The maximum absolute atomic E-state index is 13.6. The predicted molar refractivity (Wildman–Crippen MR) is 349 cm³/mol. The van der Waals surface area contributed by atoms with Crippen molar-refractivity contribution in [3.05, 3.63) is 105 Å². The molecule has 21 heteroatoms. The third-order valence-electron chi connectivity index (χ3n) is 16.8. The number of hydrogen-bond acceptors (Lipinski definition) is 13. The van der Waals surface area contributed by atoms with Crippen LogP contribution in [0.2, 0.25) is 0 Å². The zero-order valence-corrected chi connectivity index (χ0v) is 52.8. The number of piperidine rings is 2. The molecule has 21 nitrogen and oxygen atoms in total. The zero-order valence-electron chi connectivity index (χ0n) is 52.8. The Bertz CT molecular complexity index is 2920. The van der Waals surface area contributed by atoms with Crippen LogP contribution in [0.15, 0.2) is 54.6 Å². The van der Waals surface area contributed by atoms with Gasteiger partial charge in [0.2, 0.25) is 29.5 Å². The molecular formula is C68H108N10O11. The van der Waals surface area contributed by atoms with Crippen LogP contribution in [-0.4, -0.2) is 153 Å². The van der Waals surface area contributed by atoms with Crippen molar-refractivity contribution in [3.8, 4) is 0 Å². The molecule has 5 heterocycles. The summed E-state index contributed by atoms with van der Waals surface area (Å²) < 4.78 is 10.9. The molecule has 0 unspecified atom stereocenters. The molecule has 0 spiro atoms. The van der Waals surface area contributed by atoms with Crippen molar-refractivity contribution < 1.29 is 52.9 Å². The molecule has 3 aromatic rings. The van der Waals surface area contributed by atoms with Gasteiger partial charge >= 0.3 is 18.2 Å². The van der Waals surface area contributed by atoms with Gasteiger partial charge in [-0.15, -0.1) is 0 Å². The molecule has 0 bridgehead atoms. The summed E-state index contributed by atoms with van der Waals surface area (Å²) in [6, 6.07) is 13.7. The van der Waals surface area contributed by atoms with E-state index < -0.39 is 59.2 Å². The molecule has 5 atom stereocenters. The summed E-state index contributed by atoms with van der Waals surface area (Å²) in [6.45, 7) is 30.6. The van der Waals surface area contributed by atoms with Crippen molar-refractivity contribution in [3.63, 3.8) is 0 Å². The first-order chi connectivity index (χ1) is 40.2. The number of primary amides is 3. The number of carbonyl (C=O) groups is 8. The number of aliphatic carboxylic acids is 1.